The first kappa shape index (κ1) is 16.7. The zero-order valence-electron chi connectivity index (χ0n) is 11.9. The van der Waals surface area contributed by atoms with Crippen molar-refractivity contribution < 1.29 is 13.2 Å². The molecule has 0 bridgehead atoms. The van der Waals surface area contributed by atoms with Crippen LogP contribution < -0.4 is 0 Å². The van der Waals surface area contributed by atoms with Crippen LogP contribution in [-0.2, 0) is 14.6 Å². The highest BCUT2D eigenvalue weighted by Gasteiger charge is 2.41. The number of alkyl halides is 1. The Hall–Kier alpha value is -0.330. The Balaban J connectivity index is 2.74. The Morgan fingerprint density at radius 3 is 2.37 bits per heavy atom. The molecule has 1 aliphatic rings. The normalized spacial score (nSPS) is 19.3. The lowest BCUT2D eigenvalue weighted by atomic mass is 10.1. The highest BCUT2D eigenvalue weighted by atomic mass is 35.5. The van der Waals surface area contributed by atoms with Crippen LogP contribution in [-0.4, -0.2) is 73.7 Å². The van der Waals surface area contributed by atoms with Crippen LogP contribution >= 0.6 is 11.6 Å². The second-order valence-corrected chi connectivity index (χ2v) is 8.40. The lowest BCUT2D eigenvalue weighted by Gasteiger charge is -2.30. The minimum Gasteiger partial charge on any atom is -0.340 e. The quantitative estimate of drug-likeness (QED) is 0.713. The van der Waals surface area contributed by atoms with Crippen molar-refractivity contribution in [2.45, 2.75) is 25.0 Å². The number of carbonyl (C=O) groups excluding carboxylic acids is 1. The third kappa shape index (κ3) is 4.07. The van der Waals surface area contributed by atoms with Gasteiger partial charge in [0.1, 0.15) is 4.75 Å². The number of carbonyl (C=O) groups is 1. The van der Waals surface area contributed by atoms with Crippen LogP contribution in [0.5, 0.6) is 0 Å². The molecular weight excluding hydrogens is 288 g/mol. The van der Waals surface area contributed by atoms with Crippen LogP contribution in [0, 0.1) is 0 Å². The third-order valence-corrected chi connectivity index (χ3v) is 5.92. The van der Waals surface area contributed by atoms with Gasteiger partial charge in [-0.05, 0) is 26.8 Å². The molecule has 1 rings (SSSR count). The molecular formula is C12H23ClN2O3S. The van der Waals surface area contributed by atoms with Gasteiger partial charge in [0.15, 0.2) is 9.84 Å². The van der Waals surface area contributed by atoms with Crippen molar-refractivity contribution >= 4 is 27.3 Å². The van der Waals surface area contributed by atoms with Crippen LogP contribution in [0.4, 0.5) is 0 Å². The maximum Gasteiger partial charge on any atom is 0.243 e. The van der Waals surface area contributed by atoms with Gasteiger partial charge in [-0.25, -0.2) is 8.42 Å². The Kier molecular flexibility index (Phi) is 5.65. The molecule has 0 aromatic heterocycles. The Labute approximate surface area is 120 Å². The Morgan fingerprint density at radius 2 is 1.84 bits per heavy atom. The first-order valence-electron chi connectivity index (χ1n) is 6.47. The SMILES string of the molecule is CC(C)(C(=O)N1CCCN(CCCl)CC1)S(C)(=O)=O. The van der Waals surface area contributed by atoms with E-state index >= 15 is 0 Å². The summed E-state index contributed by atoms with van der Waals surface area (Å²) >= 11 is 5.72. The van der Waals surface area contributed by atoms with Crippen molar-refractivity contribution in [3.8, 4) is 0 Å². The van der Waals surface area contributed by atoms with Gasteiger partial charge in [0.2, 0.25) is 5.91 Å². The Bertz CT molecular complexity index is 423. The van der Waals surface area contributed by atoms with Gasteiger partial charge in [0.05, 0.1) is 0 Å². The van der Waals surface area contributed by atoms with Crippen LogP contribution in [0.3, 0.4) is 0 Å². The van der Waals surface area contributed by atoms with Crippen LogP contribution in [0.1, 0.15) is 20.3 Å². The zero-order valence-corrected chi connectivity index (χ0v) is 13.4. The van der Waals surface area contributed by atoms with Gasteiger partial charge in [-0.1, -0.05) is 0 Å². The summed E-state index contributed by atoms with van der Waals surface area (Å²) in [6.45, 7) is 6.58. The smallest absolute Gasteiger partial charge is 0.243 e. The molecule has 0 spiro atoms. The summed E-state index contributed by atoms with van der Waals surface area (Å²) in [4.78, 5) is 16.3. The van der Waals surface area contributed by atoms with Gasteiger partial charge in [0.25, 0.3) is 0 Å². The summed E-state index contributed by atoms with van der Waals surface area (Å²) in [6, 6.07) is 0. The molecule has 0 aromatic rings. The van der Waals surface area contributed by atoms with Crippen LogP contribution in [0.25, 0.3) is 0 Å². The summed E-state index contributed by atoms with van der Waals surface area (Å²) in [5.74, 6) is 0.269. The van der Waals surface area contributed by atoms with Gasteiger partial charge < -0.3 is 9.80 Å². The van der Waals surface area contributed by atoms with Gasteiger partial charge in [0, 0.05) is 38.3 Å². The van der Waals surface area contributed by atoms with Crippen molar-refractivity contribution in [2.24, 2.45) is 0 Å². The van der Waals surface area contributed by atoms with E-state index in [1.54, 1.807) is 4.90 Å². The highest BCUT2D eigenvalue weighted by molar-refractivity contribution is 7.92. The highest BCUT2D eigenvalue weighted by Crippen LogP contribution is 2.19. The van der Waals surface area contributed by atoms with Crippen LogP contribution in [0.2, 0.25) is 0 Å². The van der Waals surface area contributed by atoms with Crippen molar-refractivity contribution in [3.05, 3.63) is 0 Å². The molecule has 0 atom stereocenters. The van der Waals surface area contributed by atoms with Crippen molar-refractivity contribution in [2.75, 3.05) is 44.9 Å². The lowest BCUT2D eigenvalue weighted by molar-refractivity contribution is -0.133. The average Bonchev–Trinajstić information content (AvgIpc) is 2.52. The van der Waals surface area contributed by atoms with E-state index in [0.29, 0.717) is 19.0 Å². The molecule has 1 saturated heterocycles. The first-order chi connectivity index (χ1) is 8.70. The number of amides is 1. The van der Waals surface area contributed by atoms with E-state index < -0.39 is 14.6 Å². The van der Waals surface area contributed by atoms with Gasteiger partial charge in [-0.2, -0.15) is 0 Å². The molecule has 1 amide bonds. The molecule has 0 saturated carbocycles. The van der Waals surface area contributed by atoms with E-state index in [1.807, 2.05) is 0 Å². The molecule has 1 heterocycles. The summed E-state index contributed by atoms with van der Waals surface area (Å²) in [5, 5.41) is 0. The van der Waals surface area contributed by atoms with Gasteiger partial charge >= 0.3 is 0 Å². The standard InChI is InChI=1S/C12H23ClN2O3S/c1-12(2,19(3,17)18)11(16)15-7-4-6-14(8-5-13)9-10-15/h4-10H2,1-3H3. The Morgan fingerprint density at radius 1 is 1.21 bits per heavy atom. The molecule has 0 N–H and O–H groups in total. The molecule has 19 heavy (non-hydrogen) atoms. The van der Waals surface area contributed by atoms with E-state index in [9.17, 15) is 13.2 Å². The molecule has 0 radical (unpaired) electrons. The fourth-order valence-corrected chi connectivity index (χ4v) is 2.74. The molecule has 0 aromatic carbocycles. The monoisotopic (exact) mass is 310 g/mol. The first-order valence-corrected chi connectivity index (χ1v) is 8.90. The molecule has 1 fully saturated rings. The van der Waals surface area contributed by atoms with E-state index in [0.717, 1.165) is 32.3 Å². The number of nitrogens with zero attached hydrogens (tertiary/aromatic N) is 2. The number of hydrogen-bond acceptors (Lipinski definition) is 4. The van der Waals surface area contributed by atoms with E-state index in [2.05, 4.69) is 4.90 Å². The minimum atomic E-state index is -3.41. The average molecular weight is 311 g/mol. The molecule has 7 heteroatoms. The fraction of sp³-hybridized carbons (Fsp3) is 0.917. The summed E-state index contributed by atoms with van der Waals surface area (Å²) in [5.41, 5.74) is 0. The molecule has 0 unspecified atom stereocenters. The lowest BCUT2D eigenvalue weighted by Crippen LogP contribution is -2.50. The number of hydrogen-bond donors (Lipinski definition) is 0. The minimum absolute atomic E-state index is 0.303. The largest absolute Gasteiger partial charge is 0.340 e. The predicted octanol–water partition coefficient (Wildman–Crippen LogP) is 0.583. The molecule has 5 nitrogen and oxygen atoms in total. The maximum absolute atomic E-state index is 12.4. The molecule has 1 aliphatic heterocycles. The van der Waals surface area contributed by atoms with Gasteiger partial charge in [-0.15, -0.1) is 11.6 Å². The molecule has 112 valence electrons. The van der Waals surface area contributed by atoms with Crippen molar-refractivity contribution in [1.82, 2.24) is 9.80 Å². The topological polar surface area (TPSA) is 57.7 Å². The third-order valence-electron chi connectivity index (χ3n) is 3.72. The maximum atomic E-state index is 12.4. The number of rotatable bonds is 4. The zero-order chi connectivity index (χ0) is 14.7. The van der Waals surface area contributed by atoms with Crippen molar-refractivity contribution in [1.29, 1.82) is 0 Å². The van der Waals surface area contributed by atoms with E-state index in [-0.39, 0.29) is 5.91 Å². The summed E-state index contributed by atoms with van der Waals surface area (Å²) < 4.78 is 22.1. The second kappa shape index (κ2) is 6.41. The summed E-state index contributed by atoms with van der Waals surface area (Å²) in [7, 11) is -3.41. The van der Waals surface area contributed by atoms with E-state index in [1.165, 1.54) is 13.8 Å². The predicted molar refractivity (Wildman–Crippen MR) is 77.3 cm³/mol. The summed E-state index contributed by atoms with van der Waals surface area (Å²) in [6.07, 6.45) is 1.96. The van der Waals surface area contributed by atoms with Crippen molar-refractivity contribution in [3.63, 3.8) is 0 Å². The number of sulfone groups is 1. The number of halogens is 1. The molecule has 0 aliphatic carbocycles. The van der Waals surface area contributed by atoms with Crippen LogP contribution in [0.15, 0.2) is 0 Å². The van der Waals surface area contributed by atoms with E-state index in [4.69, 9.17) is 11.6 Å². The fourth-order valence-electron chi connectivity index (χ4n) is 2.06. The van der Waals surface area contributed by atoms with Gasteiger partial charge in [-0.3, -0.25) is 4.79 Å². The second-order valence-electron chi connectivity index (χ2n) is 5.46.